The average Bonchev–Trinajstić information content (AvgIpc) is 2.66. The molecule has 0 aromatic heterocycles. The van der Waals surface area contributed by atoms with Gasteiger partial charge in [0.2, 0.25) is 5.91 Å². The highest BCUT2D eigenvalue weighted by atomic mass is 16.7. The second-order valence-electron chi connectivity index (χ2n) is 7.22. The van der Waals surface area contributed by atoms with Crippen LogP contribution in [-0.4, -0.2) is 58.3 Å². The Morgan fingerprint density at radius 1 is 1.04 bits per heavy atom. The van der Waals surface area contributed by atoms with Crippen LogP contribution >= 0.6 is 0 Å². The van der Waals surface area contributed by atoms with E-state index in [0.717, 1.165) is 5.56 Å². The monoisotopic (exact) mass is 396 g/mol. The van der Waals surface area contributed by atoms with Crippen LogP contribution < -0.4 is 10.6 Å². The molecule has 0 spiro atoms. The van der Waals surface area contributed by atoms with E-state index in [1.54, 1.807) is 7.11 Å². The zero-order chi connectivity index (χ0) is 20.8. The maximum atomic E-state index is 12.5. The number of rotatable bonds is 12. The summed E-state index contributed by atoms with van der Waals surface area (Å²) in [5.74, 6) is -0.298. The number of amides is 2. The van der Waals surface area contributed by atoms with Gasteiger partial charge in [0, 0.05) is 13.7 Å². The quantitative estimate of drug-likeness (QED) is 0.415. The Bertz CT molecular complexity index is 574. The van der Waals surface area contributed by atoms with Crippen molar-refractivity contribution in [1.82, 2.24) is 10.6 Å². The summed E-state index contributed by atoms with van der Waals surface area (Å²) in [7, 11) is 1.59. The van der Waals surface area contributed by atoms with E-state index in [0.29, 0.717) is 26.4 Å². The van der Waals surface area contributed by atoms with Gasteiger partial charge in [-0.1, -0.05) is 51.1 Å². The zero-order valence-corrected chi connectivity index (χ0v) is 17.2. The van der Waals surface area contributed by atoms with Crippen molar-refractivity contribution in [3.63, 3.8) is 0 Å². The van der Waals surface area contributed by atoms with Crippen LogP contribution in [0.1, 0.15) is 26.3 Å². The van der Waals surface area contributed by atoms with E-state index in [1.165, 1.54) is 0 Å². The maximum absolute atomic E-state index is 12.5. The number of hydrogen-bond donors (Lipinski definition) is 2. The molecule has 0 aliphatic carbocycles. The standard InChI is InChI=1S/C20H32N2O6/c1-20(2,3)17(18(23)21-10-11-26-15-27-13-12-25-4)22-19(24)28-14-16-8-6-5-7-9-16/h5-9,17H,10-15H2,1-4H3,(H,21,23)(H,22,24)/t17-/m1/s1. The molecule has 0 aliphatic heterocycles. The van der Waals surface area contributed by atoms with Crippen LogP contribution in [0.15, 0.2) is 30.3 Å². The second kappa shape index (κ2) is 13.1. The van der Waals surface area contributed by atoms with E-state index >= 15 is 0 Å². The van der Waals surface area contributed by atoms with Crippen molar-refractivity contribution in [3.05, 3.63) is 35.9 Å². The maximum Gasteiger partial charge on any atom is 0.408 e. The topological polar surface area (TPSA) is 95.1 Å². The van der Waals surface area contributed by atoms with Gasteiger partial charge in [0.25, 0.3) is 0 Å². The Morgan fingerprint density at radius 2 is 1.71 bits per heavy atom. The molecule has 0 saturated heterocycles. The van der Waals surface area contributed by atoms with Gasteiger partial charge < -0.3 is 29.6 Å². The van der Waals surface area contributed by atoms with Gasteiger partial charge in [-0.15, -0.1) is 0 Å². The summed E-state index contributed by atoms with van der Waals surface area (Å²) in [5, 5.41) is 5.41. The molecule has 1 rings (SSSR count). The van der Waals surface area contributed by atoms with Gasteiger partial charge in [-0.05, 0) is 11.0 Å². The predicted octanol–water partition coefficient (Wildman–Crippen LogP) is 2.08. The first-order valence-corrected chi connectivity index (χ1v) is 9.24. The highest BCUT2D eigenvalue weighted by molar-refractivity contribution is 5.86. The minimum absolute atomic E-state index is 0.131. The smallest absolute Gasteiger partial charge is 0.408 e. The molecule has 0 bridgehead atoms. The minimum atomic E-state index is -0.742. The molecule has 1 aromatic rings. The molecular weight excluding hydrogens is 364 g/mol. The van der Waals surface area contributed by atoms with Gasteiger partial charge in [0.15, 0.2) is 0 Å². The number of carbonyl (C=O) groups is 2. The Labute approximate surface area is 166 Å². The first-order chi connectivity index (χ1) is 13.3. The van der Waals surface area contributed by atoms with E-state index in [4.69, 9.17) is 18.9 Å². The van der Waals surface area contributed by atoms with Crippen LogP contribution in [0, 0.1) is 5.41 Å². The molecule has 28 heavy (non-hydrogen) atoms. The number of carbonyl (C=O) groups excluding carboxylic acids is 2. The van der Waals surface area contributed by atoms with Crippen LogP contribution in [0.5, 0.6) is 0 Å². The van der Waals surface area contributed by atoms with Crippen molar-refractivity contribution >= 4 is 12.0 Å². The average molecular weight is 396 g/mol. The molecule has 0 fully saturated rings. The number of alkyl carbamates (subject to hydrolysis) is 1. The third-order valence-corrected chi connectivity index (χ3v) is 3.75. The van der Waals surface area contributed by atoms with E-state index in [1.807, 2.05) is 51.1 Å². The third kappa shape index (κ3) is 10.2. The Balaban J connectivity index is 2.36. The SMILES string of the molecule is COCCOCOCCNC(=O)[C@@H](NC(=O)OCc1ccccc1)C(C)(C)C. The van der Waals surface area contributed by atoms with Crippen LogP contribution in [0.25, 0.3) is 0 Å². The van der Waals surface area contributed by atoms with Gasteiger partial charge in [0.1, 0.15) is 19.4 Å². The number of hydrogen-bond acceptors (Lipinski definition) is 6. The van der Waals surface area contributed by atoms with Crippen molar-refractivity contribution < 1.29 is 28.5 Å². The zero-order valence-electron chi connectivity index (χ0n) is 17.2. The summed E-state index contributed by atoms with van der Waals surface area (Å²) in [6.45, 7) is 7.43. The summed E-state index contributed by atoms with van der Waals surface area (Å²) in [5.41, 5.74) is 0.388. The number of ether oxygens (including phenoxy) is 4. The largest absolute Gasteiger partial charge is 0.445 e. The fraction of sp³-hybridized carbons (Fsp3) is 0.600. The Morgan fingerprint density at radius 3 is 2.36 bits per heavy atom. The summed E-state index contributed by atoms with van der Waals surface area (Å²) < 4.78 is 20.5. The van der Waals surface area contributed by atoms with E-state index in [-0.39, 0.29) is 19.3 Å². The number of benzene rings is 1. The molecule has 8 heteroatoms. The molecule has 1 aromatic carbocycles. The van der Waals surface area contributed by atoms with E-state index in [9.17, 15) is 9.59 Å². The van der Waals surface area contributed by atoms with Gasteiger partial charge in [-0.2, -0.15) is 0 Å². The molecule has 0 radical (unpaired) electrons. The summed E-state index contributed by atoms with van der Waals surface area (Å²) in [6, 6.07) is 8.60. The van der Waals surface area contributed by atoms with E-state index < -0.39 is 17.6 Å². The first-order valence-electron chi connectivity index (χ1n) is 9.24. The Kier molecular flexibility index (Phi) is 11.2. The molecule has 0 saturated carbocycles. The molecule has 0 heterocycles. The van der Waals surface area contributed by atoms with Crippen LogP contribution in [0.4, 0.5) is 4.79 Å². The minimum Gasteiger partial charge on any atom is -0.445 e. The summed E-state index contributed by atoms with van der Waals surface area (Å²) in [4.78, 5) is 24.6. The van der Waals surface area contributed by atoms with Crippen LogP contribution in [-0.2, 0) is 30.3 Å². The molecule has 2 amide bonds. The van der Waals surface area contributed by atoms with Crippen LogP contribution in [0.3, 0.4) is 0 Å². The second-order valence-corrected chi connectivity index (χ2v) is 7.22. The lowest BCUT2D eigenvalue weighted by molar-refractivity contribution is -0.126. The Hall–Kier alpha value is -2.16. The van der Waals surface area contributed by atoms with Crippen molar-refractivity contribution in [2.75, 3.05) is 40.3 Å². The van der Waals surface area contributed by atoms with Gasteiger partial charge in [0.05, 0.1) is 19.8 Å². The fourth-order valence-corrected chi connectivity index (χ4v) is 2.23. The summed E-state index contributed by atoms with van der Waals surface area (Å²) in [6.07, 6.45) is -0.637. The third-order valence-electron chi connectivity index (χ3n) is 3.75. The lowest BCUT2D eigenvalue weighted by Crippen LogP contribution is -2.54. The summed E-state index contributed by atoms with van der Waals surface area (Å²) >= 11 is 0. The van der Waals surface area contributed by atoms with Crippen molar-refractivity contribution in [2.45, 2.75) is 33.4 Å². The van der Waals surface area contributed by atoms with Crippen molar-refractivity contribution in [2.24, 2.45) is 5.41 Å². The predicted molar refractivity (Wildman–Crippen MR) is 105 cm³/mol. The molecule has 8 nitrogen and oxygen atoms in total. The lowest BCUT2D eigenvalue weighted by Gasteiger charge is -2.30. The molecular formula is C20H32N2O6. The van der Waals surface area contributed by atoms with E-state index in [2.05, 4.69) is 10.6 Å². The van der Waals surface area contributed by atoms with Crippen LogP contribution in [0.2, 0.25) is 0 Å². The molecule has 158 valence electrons. The molecule has 0 unspecified atom stereocenters. The normalized spacial score (nSPS) is 12.3. The molecule has 2 N–H and O–H groups in total. The first kappa shape index (κ1) is 23.9. The molecule has 1 atom stereocenters. The highest BCUT2D eigenvalue weighted by Gasteiger charge is 2.33. The van der Waals surface area contributed by atoms with Gasteiger partial charge in [-0.3, -0.25) is 4.79 Å². The number of methoxy groups -OCH3 is 1. The van der Waals surface area contributed by atoms with Crippen molar-refractivity contribution in [3.8, 4) is 0 Å². The highest BCUT2D eigenvalue weighted by Crippen LogP contribution is 2.19. The van der Waals surface area contributed by atoms with Gasteiger partial charge in [-0.25, -0.2) is 4.79 Å². The van der Waals surface area contributed by atoms with Crippen molar-refractivity contribution in [1.29, 1.82) is 0 Å². The number of nitrogens with one attached hydrogen (secondary N) is 2. The lowest BCUT2D eigenvalue weighted by atomic mass is 9.86. The fourth-order valence-electron chi connectivity index (χ4n) is 2.23. The molecule has 0 aliphatic rings. The van der Waals surface area contributed by atoms with Gasteiger partial charge >= 0.3 is 6.09 Å².